The number of H-pyrrole nitrogens is 1. The minimum atomic E-state index is 0. The van der Waals surface area contributed by atoms with Crippen LogP contribution in [-0.4, -0.2) is 25.4 Å². The fraction of sp³-hybridized carbons (Fsp3) is 0. The summed E-state index contributed by atoms with van der Waals surface area (Å²) in [7, 11) is 0. The molecule has 2 aromatic rings. The maximum absolute atomic E-state index is 4.08. The number of aromatic amines is 1. The van der Waals surface area contributed by atoms with Gasteiger partial charge in [0.1, 0.15) is 16.9 Å². The maximum Gasteiger partial charge on any atom is 0.161 e. The van der Waals surface area contributed by atoms with Crippen molar-refractivity contribution in [1.82, 2.24) is 19.9 Å². The highest BCUT2D eigenvalue weighted by atomic mass is 32.1. The molecule has 0 fully saturated rings. The normalized spacial score (nSPS) is 9.55. The first-order valence-electron chi connectivity index (χ1n) is 2.71. The number of nitrogens with one attached hydrogen (secondary N) is 1. The fourth-order valence-electron chi connectivity index (χ4n) is 0.752. The Balaban J connectivity index is 0.000000605. The summed E-state index contributed by atoms with van der Waals surface area (Å²) in [5.41, 5.74) is 1.44. The van der Waals surface area contributed by atoms with E-state index in [1.54, 1.807) is 6.33 Å². The summed E-state index contributed by atoms with van der Waals surface area (Å²) in [6.45, 7) is 0. The number of imidazole rings is 1. The van der Waals surface area contributed by atoms with Gasteiger partial charge in [0.15, 0.2) is 5.65 Å². The Hall–Kier alpha value is -1.14. The highest BCUT2D eigenvalue weighted by Gasteiger charge is 1.99. The summed E-state index contributed by atoms with van der Waals surface area (Å²) < 4.78 is 0. The number of thiol groups is 1. The van der Waals surface area contributed by atoms with Crippen LogP contribution in [0.1, 0.15) is 0 Å². The van der Waals surface area contributed by atoms with Crippen molar-refractivity contribution in [2.45, 2.75) is 5.03 Å². The molecule has 0 aliphatic carbocycles. The van der Waals surface area contributed by atoms with E-state index >= 15 is 0 Å². The molecule has 0 spiro atoms. The zero-order chi connectivity index (χ0) is 6.97. The molecule has 0 radical (unpaired) electrons. The van der Waals surface area contributed by atoms with Gasteiger partial charge in [-0.1, -0.05) is 0 Å². The molecule has 0 aliphatic heterocycles. The maximum atomic E-state index is 4.08. The Bertz CT molecular complexity index is 360. The molecule has 0 unspecified atom stereocenters. The molecule has 0 amide bonds. The van der Waals surface area contributed by atoms with Crippen molar-refractivity contribution >= 4 is 23.8 Å². The summed E-state index contributed by atoms with van der Waals surface area (Å²) in [6, 6.07) is 0. The summed E-state index contributed by atoms with van der Waals surface area (Å²) >= 11 is 4.08. The second-order valence-corrected chi connectivity index (χ2v) is 2.22. The number of fused-ring (bicyclic) bond motifs is 1. The van der Waals surface area contributed by atoms with Crippen LogP contribution in [0.5, 0.6) is 0 Å². The summed E-state index contributed by atoms with van der Waals surface area (Å²) in [4.78, 5) is 14.6. The molecular weight excluding hydrogens is 164 g/mol. The minimum Gasteiger partial charge on any atom is -0.412 e. The van der Waals surface area contributed by atoms with Crippen LogP contribution in [0.4, 0.5) is 0 Å². The second kappa shape index (κ2) is 2.85. The third-order valence-corrected chi connectivity index (χ3v) is 1.53. The average molecular weight is 170 g/mol. The SMILES string of the molecule is O.Sc1ncnc2[nH]cnc12. The Labute approximate surface area is 67.6 Å². The molecular formula is C5H6N4OS. The lowest BCUT2D eigenvalue weighted by atomic mass is 10.6. The third-order valence-electron chi connectivity index (χ3n) is 1.20. The molecule has 6 heteroatoms. The molecule has 11 heavy (non-hydrogen) atoms. The van der Waals surface area contributed by atoms with E-state index in [0.717, 1.165) is 5.65 Å². The van der Waals surface area contributed by atoms with Crippen LogP contribution in [0, 0.1) is 0 Å². The van der Waals surface area contributed by atoms with Crippen molar-refractivity contribution in [3.8, 4) is 0 Å². The molecule has 0 atom stereocenters. The van der Waals surface area contributed by atoms with Crippen LogP contribution in [0.25, 0.3) is 11.2 Å². The third kappa shape index (κ3) is 1.17. The molecule has 5 nitrogen and oxygen atoms in total. The van der Waals surface area contributed by atoms with Crippen LogP contribution in [0.15, 0.2) is 17.7 Å². The molecule has 2 aromatic heterocycles. The molecule has 0 aliphatic rings. The van der Waals surface area contributed by atoms with Crippen LogP contribution in [0.2, 0.25) is 0 Å². The van der Waals surface area contributed by atoms with Crippen molar-refractivity contribution < 1.29 is 5.48 Å². The van der Waals surface area contributed by atoms with Crippen molar-refractivity contribution in [3.63, 3.8) is 0 Å². The second-order valence-electron chi connectivity index (χ2n) is 1.80. The zero-order valence-corrected chi connectivity index (χ0v) is 6.34. The molecule has 2 heterocycles. The first-order valence-corrected chi connectivity index (χ1v) is 3.15. The predicted molar refractivity (Wildman–Crippen MR) is 42.5 cm³/mol. The van der Waals surface area contributed by atoms with Gasteiger partial charge in [-0.25, -0.2) is 15.0 Å². The Kier molecular flexibility index (Phi) is 2.06. The molecule has 58 valence electrons. The van der Waals surface area contributed by atoms with Gasteiger partial charge in [0.05, 0.1) is 6.33 Å². The van der Waals surface area contributed by atoms with Crippen molar-refractivity contribution in [2.75, 3.05) is 0 Å². The van der Waals surface area contributed by atoms with Crippen LogP contribution in [0.3, 0.4) is 0 Å². The first-order chi connectivity index (χ1) is 4.88. The number of rotatable bonds is 0. The van der Waals surface area contributed by atoms with Gasteiger partial charge in [0.25, 0.3) is 0 Å². The molecule has 0 saturated carbocycles. The lowest BCUT2D eigenvalue weighted by Crippen LogP contribution is -1.81. The van der Waals surface area contributed by atoms with Gasteiger partial charge in [0, 0.05) is 0 Å². The van der Waals surface area contributed by atoms with Crippen LogP contribution >= 0.6 is 12.6 Å². The molecule has 2 rings (SSSR count). The summed E-state index contributed by atoms with van der Waals surface area (Å²) in [5, 5.41) is 0.603. The number of nitrogens with zero attached hydrogens (tertiary/aromatic N) is 3. The fourth-order valence-corrected chi connectivity index (χ4v) is 0.967. The van der Waals surface area contributed by atoms with Gasteiger partial charge >= 0.3 is 0 Å². The van der Waals surface area contributed by atoms with Crippen LogP contribution < -0.4 is 0 Å². The van der Waals surface area contributed by atoms with E-state index in [1.807, 2.05) is 0 Å². The lowest BCUT2D eigenvalue weighted by molar-refractivity contribution is 0.824. The molecule has 0 bridgehead atoms. The standard InChI is InChI=1S/C5H4N4S.H2O/c10-5-3-4(7-1-6-3)8-2-9-5;/h1-2H,(H2,6,7,8,9,10);1H2. The van der Waals surface area contributed by atoms with E-state index in [4.69, 9.17) is 0 Å². The number of hydrogen-bond acceptors (Lipinski definition) is 4. The first kappa shape index (κ1) is 7.96. The van der Waals surface area contributed by atoms with E-state index in [1.165, 1.54) is 6.33 Å². The van der Waals surface area contributed by atoms with E-state index in [0.29, 0.717) is 10.5 Å². The smallest absolute Gasteiger partial charge is 0.161 e. The molecule has 3 N–H and O–H groups in total. The Morgan fingerprint density at radius 3 is 2.82 bits per heavy atom. The monoisotopic (exact) mass is 170 g/mol. The predicted octanol–water partition coefficient (Wildman–Crippen LogP) is -0.183. The van der Waals surface area contributed by atoms with Crippen molar-refractivity contribution in [2.24, 2.45) is 0 Å². The Morgan fingerprint density at radius 1 is 1.27 bits per heavy atom. The topological polar surface area (TPSA) is 86.0 Å². The summed E-state index contributed by atoms with van der Waals surface area (Å²) in [5.74, 6) is 0. The largest absolute Gasteiger partial charge is 0.412 e. The lowest BCUT2D eigenvalue weighted by Gasteiger charge is -1.87. The molecule has 0 saturated heterocycles. The van der Waals surface area contributed by atoms with Gasteiger partial charge in [-0.05, 0) is 0 Å². The van der Waals surface area contributed by atoms with Gasteiger partial charge in [-0.2, -0.15) is 0 Å². The van der Waals surface area contributed by atoms with Gasteiger partial charge < -0.3 is 10.5 Å². The highest BCUT2D eigenvalue weighted by Crippen LogP contribution is 2.11. The Morgan fingerprint density at radius 2 is 2.09 bits per heavy atom. The van der Waals surface area contributed by atoms with E-state index in [-0.39, 0.29) is 5.48 Å². The van der Waals surface area contributed by atoms with Gasteiger partial charge in [0.2, 0.25) is 0 Å². The van der Waals surface area contributed by atoms with Crippen molar-refractivity contribution in [1.29, 1.82) is 0 Å². The average Bonchev–Trinajstić information content (AvgIpc) is 2.36. The number of aromatic nitrogens is 4. The van der Waals surface area contributed by atoms with E-state index in [9.17, 15) is 0 Å². The van der Waals surface area contributed by atoms with Gasteiger partial charge in [-0.3, -0.25) is 0 Å². The van der Waals surface area contributed by atoms with Crippen LogP contribution in [-0.2, 0) is 0 Å². The molecule has 0 aromatic carbocycles. The highest BCUT2D eigenvalue weighted by molar-refractivity contribution is 7.80. The number of hydrogen-bond donors (Lipinski definition) is 2. The quantitative estimate of drug-likeness (QED) is 0.424. The van der Waals surface area contributed by atoms with E-state index < -0.39 is 0 Å². The minimum absolute atomic E-state index is 0. The summed E-state index contributed by atoms with van der Waals surface area (Å²) in [6.07, 6.45) is 3.02. The van der Waals surface area contributed by atoms with Gasteiger partial charge in [-0.15, -0.1) is 12.6 Å². The zero-order valence-electron chi connectivity index (χ0n) is 5.44. The van der Waals surface area contributed by atoms with Crippen molar-refractivity contribution in [3.05, 3.63) is 12.7 Å². The van der Waals surface area contributed by atoms with E-state index in [2.05, 4.69) is 32.6 Å².